The highest BCUT2D eigenvalue weighted by atomic mass is 19.4. The van der Waals surface area contributed by atoms with Crippen LogP contribution in [0.5, 0.6) is 0 Å². The maximum atomic E-state index is 16.5. The van der Waals surface area contributed by atoms with Gasteiger partial charge in [-0.1, -0.05) is 97.8 Å². The van der Waals surface area contributed by atoms with Crippen LogP contribution in [-0.4, -0.2) is 119 Å². The summed E-state index contributed by atoms with van der Waals surface area (Å²) >= 11 is 0. The Kier molecular flexibility index (Phi) is 22.8. The van der Waals surface area contributed by atoms with Gasteiger partial charge in [0.1, 0.15) is 0 Å². The number of hydrogen-bond acceptors (Lipinski definition) is 0. The fourth-order valence-corrected chi connectivity index (χ4v) is 7.37. The van der Waals surface area contributed by atoms with Gasteiger partial charge in [-0.05, 0) is 38.5 Å². The molecule has 0 saturated carbocycles. The van der Waals surface area contributed by atoms with E-state index in [2.05, 4.69) is 0 Å². The Hall–Kier alpha value is -2.35. The maximum absolute atomic E-state index is 16.5. The molecule has 0 saturated heterocycles. The van der Waals surface area contributed by atoms with Crippen molar-refractivity contribution in [3.8, 4) is 0 Å². The fraction of sp³-hybridized carbons (Fsp3) is 1.00. The summed E-state index contributed by atoms with van der Waals surface area (Å²) in [5.41, 5.74) is 0. The van der Waals surface area contributed by atoms with Crippen LogP contribution in [0.4, 0.5) is 145 Å². The minimum absolute atomic E-state index is 0.0760. The summed E-state index contributed by atoms with van der Waals surface area (Å²) in [4.78, 5) is 0. The van der Waals surface area contributed by atoms with Crippen molar-refractivity contribution in [2.45, 2.75) is 231 Å². The molecule has 0 bridgehead atoms. The molecule has 0 aliphatic rings. The Morgan fingerprint density at radius 1 is 0.189 bits per heavy atom. The fourth-order valence-electron chi connectivity index (χ4n) is 7.37. The van der Waals surface area contributed by atoms with Crippen molar-refractivity contribution in [3.05, 3.63) is 0 Å². The maximum Gasteiger partial charge on any atom is 0.461 e. The van der Waals surface area contributed by atoms with Crippen LogP contribution in [0.25, 0.3) is 0 Å². The number of nitrogens with zero attached hydrogens (tertiary/aromatic N) is 1. The summed E-state index contributed by atoms with van der Waals surface area (Å²) in [5.74, 6) is -136. The van der Waals surface area contributed by atoms with Gasteiger partial charge in [0.05, 0.1) is 19.6 Å². The number of halogens is 33. The zero-order valence-electron chi connectivity index (χ0n) is 38.8. The Morgan fingerprint density at radius 2 is 0.338 bits per heavy atom. The van der Waals surface area contributed by atoms with Crippen LogP contribution in [-0.2, 0) is 0 Å². The molecule has 74 heavy (non-hydrogen) atoms. The van der Waals surface area contributed by atoms with Crippen molar-refractivity contribution in [2.75, 3.05) is 19.6 Å². The first-order valence-electron chi connectivity index (χ1n) is 22.3. The van der Waals surface area contributed by atoms with Crippen molar-refractivity contribution in [3.63, 3.8) is 0 Å². The zero-order chi connectivity index (χ0) is 59.3. The predicted octanol–water partition coefficient (Wildman–Crippen LogP) is 18.9. The van der Waals surface area contributed by atoms with E-state index in [1.807, 2.05) is 0 Å². The second-order valence-electron chi connectivity index (χ2n) is 17.7. The molecule has 0 aliphatic carbocycles. The Morgan fingerprint density at radius 3 is 0.514 bits per heavy atom. The topological polar surface area (TPSA) is 0 Å². The molecule has 446 valence electrons. The lowest BCUT2D eigenvalue weighted by Crippen LogP contribution is -2.81. The molecule has 0 rings (SSSR count). The molecule has 34 heteroatoms. The van der Waals surface area contributed by atoms with Gasteiger partial charge in [-0.15, -0.1) is 8.78 Å². The average Bonchev–Trinajstić information content (AvgIpc) is 3.25. The molecule has 0 aromatic heterocycles. The van der Waals surface area contributed by atoms with Crippen molar-refractivity contribution in [2.24, 2.45) is 0 Å². The lowest BCUT2D eigenvalue weighted by molar-refractivity contribution is -1.02. The van der Waals surface area contributed by atoms with E-state index in [4.69, 9.17) is 0 Å². The third kappa shape index (κ3) is 11.5. The number of alkyl halides is 33. The van der Waals surface area contributed by atoms with E-state index >= 15 is 35.1 Å². The highest BCUT2D eigenvalue weighted by Gasteiger charge is 3.02. The monoisotopic (exact) mass is 1170 g/mol. The van der Waals surface area contributed by atoms with Crippen LogP contribution in [0.3, 0.4) is 0 Å². The van der Waals surface area contributed by atoms with Gasteiger partial charge in [0.2, 0.25) is 0 Å². The molecule has 0 N–H and O–H groups in total. The van der Waals surface area contributed by atoms with Crippen molar-refractivity contribution in [1.82, 2.24) is 0 Å². The first kappa shape index (κ1) is 71.7. The second-order valence-corrected chi connectivity index (χ2v) is 17.7. The number of unbranched alkanes of at least 4 members (excludes halogenated alkanes) is 15. The van der Waals surface area contributed by atoms with E-state index in [1.54, 1.807) is 20.8 Å². The summed E-state index contributed by atoms with van der Waals surface area (Å²) in [6, 6.07) is -7.01. The normalized spacial score (nSPS) is 15.9. The molecule has 0 heterocycles. The highest BCUT2D eigenvalue weighted by Crippen LogP contribution is 2.70. The minimum atomic E-state index is -10.2. The van der Waals surface area contributed by atoms with E-state index < -0.39 is 139 Å². The van der Waals surface area contributed by atoms with Crippen LogP contribution in [0.2, 0.25) is 0 Å². The highest BCUT2D eigenvalue weighted by molar-refractivity contribution is 5.22. The summed E-state index contributed by atoms with van der Waals surface area (Å²) < 4.78 is 472. The summed E-state index contributed by atoms with van der Waals surface area (Å²) in [5, 5.41) is 0. The number of quaternary nitrogens is 1. The summed E-state index contributed by atoms with van der Waals surface area (Å²) in [6.45, 7) is 0.576. The van der Waals surface area contributed by atoms with E-state index in [1.165, 1.54) is 0 Å². The van der Waals surface area contributed by atoms with Gasteiger partial charge in [-0.2, -0.15) is 136 Å². The smallest absolute Gasteiger partial charge is 0.257 e. The molecule has 0 aromatic carbocycles. The largest absolute Gasteiger partial charge is 0.461 e. The van der Waals surface area contributed by atoms with Crippen LogP contribution in [0.1, 0.15) is 136 Å². The summed E-state index contributed by atoms with van der Waals surface area (Å²) in [7, 11) is 0. The van der Waals surface area contributed by atoms with E-state index in [-0.39, 0.29) is 38.5 Å². The third-order valence-electron chi connectivity index (χ3n) is 12.3. The average molecular weight is 1170 g/mol. The van der Waals surface area contributed by atoms with Gasteiger partial charge in [0, 0.05) is 0 Å². The van der Waals surface area contributed by atoms with Gasteiger partial charge < -0.3 is 0 Å². The molecular formula is C40H51F33N+. The molecule has 0 atom stereocenters. The SMILES string of the molecule is CCCCCCCC[N+](CCCCCCCC)(CCCCCCCC)C(F)(F)C(F)(F)C(F)(F)C(F)(F)C(F)(F)C(F)(F)C(F)(F)C(F)(F)C(F)(F)C(F)(F)C(F)(F)C(F)(F)C(F)(F)C(F)(F)C(F)(F)C(F)(F)F. The first-order valence-corrected chi connectivity index (χ1v) is 22.3. The number of rotatable bonds is 36. The van der Waals surface area contributed by atoms with Gasteiger partial charge >= 0.3 is 95.1 Å². The van der Waals surface area contributed by atoms with E-state index in [0.29, 0.717) is 57.8 Å². The summed E-state index contributed by atoms with van der Waals surface area (Å²) in [6.07, 6.45) is -7.22. The van der Waals surface area contributed by atoms with Crippen LogP contribution < -0.4 is 0 Å². The lowest BCUT2D eigenvalue weighted by Gasteiger charge is -2.49. The Bertz CT molecular complexity index is 1630. The van der Waals surface area contributed by atoms with E-state index in [9.17, 15) is 110 Å². The van der Waals surface area contributed by atoms with Crippen molar-refractivity contribution < 1.29 is 149 Å². The predicted molar refractivity (Wildman–Crippen MR) is 195 cm³/mol. The molecule has 1 nitrogen and oxygen atoms in total. The molecule has 0 aromatic rings. The molecule has 0 radical (unpaired) electrons. The Labute approximate surface area is 400 Å². The Balaban J connectivity index is 8.00. The van der Waals surface area contributed by atoms with Gasteiger partial charge in [0.15, 0.2) is 0 Å². The second kappa shape index (κ2) is 23.5. The molecular weight excluding hydrogens is 1120 g/mol. The lowest BCUT2D eigenvalue weighted by atomic mass is 9.83. The third-order valence-corrected chi connectivity index (χ3v) is 12.3. The quantitative estimate of drug-likeness (QED) is 0.0254. The minimum Gasteiger partial charge on any atom is -0.257 e. The molecule has 0 aliphatic heterocycles. The zero-order valence-corrected chi connectivity index (χ0v) is 38.8. The van der Waals surface area contributed by atoms with Crippen molar-refractivity contribution >= 4 is 0 Å². The molecule has 0 amide bonds. The standard InChI is InChI=1S/C40H51F33N/c1-4-7-10-13-16-19-22-74(23-20-17-14-11-8-5-2,24-21-18-15-12-9-6-3)40(72,73)38(67,68)36(63,64)34(59,60)32(55,56)30(51,52)28(47,48)26(43,44)25(41,42)27(45,46)29(49,50)31(53,54)33(57,58)35(61,62)37(65,66)39(69,70)71/h4-24H2,1-3H3/q+1. The van der Waals surface area contributed by atoms with Gasteiger partial charge in [-0.25, -0.2) is 0 Å². The molecule has 0 spiro atoms. The van der Waals surface area contributed by atoms with Gasteiger partial charge in [0.25, 0.3) is 0 Å². The van der Waals surface area contributed by atoms with Crippen molar-refractivity contribution in [1.29, 1.82) is 0 Å². The number of hydrogen-bond donors (Lipinski definition) is 0. The van der Waals surface area contributed by atoms with Crippen LogP contribution >= 0.6 is 0 Å². The van der Waals surface area contributed by atoms with Crippen LogP contribution in [0.15, 0.2) is 0 Å². The van der Waals surface area contributed by atoms with Gasteiger partial charge in [-0.3, -0.25) is 4.48 Å². The van der Waals surface area contributed by atoms with Crippen LogP contribution in [0, 0.1) is 0 Å². The van der Waals surface area contributed by atoms with E-state index in [0.717, 1.165) is 0 Å². The molecule has 0 unspecified atom stereocenters. The molecule has 0 fully saturated rings. The first-order chi connectivity index (χ1) is 32.7.